The minimum Gasteiger partial charge on any atom is -0.305 e. The summed E-state index contributed by atoms with van der Waals surface area (Å²) in [4.78, 5) is 14.0. The first-order valence-corrected chi connectivity index (χ1v) is 8.77. The molecule has 0 unspecified atom stereocenters. The average Bonchev–Trinajstić information content (AvgIpc) is 3.28. The SMILES string of the molecule is O=C(/C=C/C1=C([NH+]2CCCC2)Cc2ccccc21)c1ccccc1. The molecule has 24 heavy (non-hydrogen) atoms. The van der Waals surface area contributed by atoms with Gasteiger partial charge in [0.2, 0.25) is 0 Å². The largest absolute Gasteiger partial charge is 0.305 e. The number of carbonyl (C=O) groups excluding carboxylic acids is 1. The number of likely N-dealkylation sites (tertiary alicyclic amines) is 1. The molecule has 1 aliphatic heterocycles. The lowest BCUT2D eigenvalue weighted by Crippen LogP contribution is -3.08. The number of nitrogens with one attached hydrogen (secondary N) is 1. The van der Waals surface area contributed by atoms with Gasteiger partial charge in [-0.25, -0.2) is 0 Å². The first-order valence-electron chi connectivity index (χ1n) is 8.77. The number of rotatable bonds is 4. The normalized spacial score (nSPS) is 17.7. The third-order valence-corrected chi connectivity index (χ3v) is 5.09. The number of allylic oxidation sites excluding steroid dienone is 4. The fourth-order valence-electron chi connectivity index (χ4n) is 3.85. The summed E-state index contributed by atoms with van der Waals surface area (Å²) in [5.74, 6) is 0.0725. The molecule has 4 rings (SSSR count). The van der Waals surface area contributed by atoms with Crippen LogP contribution in [-0.2, 0) is 6.42 Å². The molecule has 0 atom stereocenters. The molecule has 120 valence electrons. The zero-order valence-corrected chi connectivity index (χ0v) is 13.8. The van der Waals surface area contributed by atoms with E-state index in [0.717, 1.165) is 12.0 Å². The lowest BCUT2D eigenvalue weighted by molar-refractivity contribution is -0.847. The van der Waals surface area contributed by atoms with Gasteiger partial charge in [0.25, 0.3) is 0 Å². The average molecular weight is 316 g/mol. The topological polar surface area (TPSA) is 21.5 Å². The van der Waals surface area contributed by atoms with Crippen LogP contribution in [0, 0.1) is 0 Å². The van der Waals surface area contributed by atoms with Gasteiger partial charge in [-0.15, -0.1) is 0 Å². The van der Waals surface area contributed by atoms with E-state index in [1.807, 2.05) is 36.4 Å². The first kappa shape index (κ1) is 15.1. The number of hydrogen-bond donors (Lipinski definition) is 1. The van der Waals surface area contributed by atoms with E-state index >= 15 is 0 Å². The van der Waals surface area contributed by atoms with Crippen molar-refractivity contribution in [1.29, 1.82) is 0 Å². The van der Waals surface area contributed by atoms with Gasteiger partial charge in [-0.1, -0.05) is 54.6 Å². The Morgan fingerprint density at radius 2 is 1.62 bits per heavy atom. The number of hydrogen-bond acceptors (Lipinski definition) is 1. The third-order valence-electron chi connectivity index (χ3n) is 5.09. The second-order valence-electron chi connectivity index (χ2n) is 6.60. The molecule has 0 radical (unpaired) electrons. The predicted octanol–water partition coefficient (Wildman–Crippen LogP) is 3.07. The molecular weight excluding hydrogens is 294 g/mol. The minimum atomic E-state index is 0.0725. The lowest BCUT2D eigenvalue weighted by atomic mass is 10.0. The number of carbonyl (C=O) groups is 1. The van der Waals surface area contributed by atoms with E-state index in [0.29, 0.717) is 0 Å². The Balaban J connectivity index is 1.67. The van der Waals surface area contributed by atoms with Crippen LogP contribution in [0.2, 0.25) is 0 Å². The lowest BCUT2D eigenvalue weighted by Gasteiger charge is -2.14. The summed E-state index contributed by atoms with van der Waals surface area (Å²) in [6, 6.07) is 18.1. The molecule has 2 aliphatic rings. The Labute approximate surface area is 143 Å². The Morgan fingerprint density at radius 1 is 0.917 bits per heavy atom. The van der Waals surface area contributed by atoms with E-state index in [1.165, 1.54) is 48.3 Å². The molecule has 0 amide bonds. The van der Waals surface area contributed by atoms with Crippen LogP contribution < -0.4 is 4.90 Å². The van der Waals surface area contributed by atoms with Gasteiger partial charge in [-0.05, 0) is 23.3 Å². The highest BCUT2D eigenvalue weighted by Crippen LogP contribution is 2.31. The second-order valence-corrected chi connectivity index (χ2v) is 6.60. The Bertz CT molecular complexity index is 811. The standard InChI is InChI=1S/C22H21NO/c24-22(17-8-2-1-3-9-17)13-12-20-19-11-5-4-10-18(19)16-21(20)23-14-6-7-15-23/h1-5,8-13H,6-7,14-16H2/p+1/b13-12+. The van der Waals surface area contributed by atoms with Crippen LogP contribution in [-0.4, -0.2) is 18.9 Å². The Morgan fingerprint density at radius 3 is 2.42 bits per heavy atom. The third kappa shape index (κ3) is 2.85. The van der Waals surface area contributed by atoms with Gasteiger partial charge in [0.05, 0.1) is 13.1 Å². The van der Waals surface area contributed by atoms with Crippen molar-refractivity contribution in [2.45, 2.75) is 19.3 Å². The van der Waals surface area contributed by atoms with Crippen molar-refractivity contribution in [3.8, 4) is 0 Å². The van der Waals surface area contributed by atoms with Crippen LogP contribution in [0.1, 0.15) is 34.3 Å². The van der Waals surface area contributed by atoms with E-state index < -0.39 is 0 Å². The number of benzene rings is 2. The van der Waals surface area contributed by atoms with Gasteiger partial charge in [-0.3, -0.25) is 4.79 Å². The van der Waals surface area contributed by atoms with Crippen molar-refractivity contribution in [3.63, 3.8) is 0 Å². The second kappa shape index (κ2) is 6.58. The van der Waals surface area contributed by atoms with Crippen LogP contribution in [0.4, 0.5) is 0 Å². The molecule has 0 aromatic heterocycles. The monoisotopic (exact) mass is 316 g/mol. The van der Waals surface area contributed by atoms with Gasteiger partial charge in [0.1, 0.15) is 5.70 Å². The highest BCUT2D eigenvalue weighted by Gasteiger charge is 2.29. The number of fused-ring (bicyclic) bond motifs is 1. The van der Waals surface area contributed by atoms with Gasteiger partial charge < -0.3 is 4.90 Å². The maximum absolute atomic E-state index is 12.4. The van der Waals surface area contributed by atoms with Crippen LogP contribution >= 0.6 is 0 Å². The van der Waals surface area contributed by atoms with Gasteiger partial charge in [-0.2, -0.15) is 0 Å². The molecule has 2 nitrogen and oxygen atoms in total. The maximum atomic E-state index is 12.4. The highest BCUT2D eigenvalue weighted by atomic mass is 16.1. The summed E-state index contributed by atoms with van der Waals surface area (Å²) >= 11 is 0. The molecule has 0 spiro atoms. The summed E-state index contributed by atoms with van der Waals surface area (Å²) < 4.78 is 0. The fourth-order valence-corrected chi connectivity index (χ4v) is 3.85. The van der Waals surface area contributed by atoms with E-state index in [-0.39, 0.29) is 5.78 Å². The molecule has 2 aromatic carbocycles. The maximum Gasteiger partial charge on any atom is 0.185 e. The van der Waals surface area contributed by atoms with Gasteiger partial charge in [0.15, 0.2) is 5.78 Å². The smallest absolute Gasteiger partial charge is 0.185 e. The van der Waals surface area contributed by atoms with Crippen LogP contribution in [0.3, 0.4) is 0 Å². The minimum absolute atomic E-state index is 0.0725. The van der Waals surface area contributed by atoms with Crippen LogP contribution in [0.15, 0.2) is 72.4 Å². The van der Waals surface area contributed by atoms with Crippen molar-refractivity contribution in [2.75, 3.05) is 13.1 Å². The van der Waals surface area contributed by atoms with Crippen LogP contribution in [0.5, 0.6) is 0 Å². The zero-order valence-electron chi connectivity index (χ0n) is 13.8. The van der Waals surface area contributed by atoms with E-state index in [4.69, 9.17) is 0 Å². The molecule has 0 bridgehead atoms. The molecule has 0 saturated carbocycles. The van der Waals surface area contributed by atoms with E-state index in [2.05, 4.69) is 24.3 Å². The fraction of sp³-hybridized carbons (Fsp3) is 0.227. The van der Waals surface area contributed by atoms with E-state index in [9.17, 15) is 4.79 Å². The van der Waals surface area contributed by atoms with Crippen molar-refractivity contribution >= 4 is 11.4 Å². The summed E-state index contributed by atoms with van der Waals surface area (Å²) in [5.41, 5.74) is 6.15. The van der Waals surface area contributed by atoms with E-state index in [1.54, 1.807) is 11.0 Å². The Kier molecular flexibility index (Phi) is 4.14. The molecule has 2 aromatic rings. The first-order chi connectivity index (χ1) is 11.8. The number of quaternary nitrogens is 1. The summed E-state index contributed by atoms with van der Waals surface area (Å²) in [5, 5.41) is 0. The number of ketones is 1. The van der Waals surface area contributed by atoms with Crippen molar-refractivity contribution in [1.82, 2.24) is 0 Å². The molecule has 1 heterocycles. The summed E-state index contributed by atoms with van der Waals surface area (Å²) in [6.45, 7) is 2.43. The summed E-state index contributed by atoms with van der Waals surface area (Å²) in [7, 11) is 0. The quantitative estimate of drug-likeness (QED) is 0.679. The molecule has 1 fully saturated rings. The highest BCUT2D eigenvalue weighted by molar-refractivity contribution is 6.06. The van der Waals surface area contributed by atoms with Crippen molar-refractivity contribution < 1.29 is 9.69 Å². The zero-order chi connectivity index (χ0) is 16.4. The van der Waals surface area contributed by atoms with Crippen molar-refractivity contribution in [3.05, 3.63) is 89.1 Å². The molecular formula is C22H22NO+. The summed E-state index contributed by atoms with van der Waals surface area (Å²) in [6.07, 6.45) is 7.40. The Hall–Kier alpha value is -2.45. The van der Waals surface area contributed by atoms with Gasteiger partial charge >= 0.3 is 0 Å². The van der Waals surface area contributed by atoms with Gasteiger partial charge in [0, 0.05) is 30.4 Å². The molecule has 1 N–H and O–H groups in total. The molecule has 2 heteroatoms. The molecule has 1 saturated heterocycles. The molecule has 1 aliphatic carbocycles. The predicted molar refractivity (Wildman–Crippen MR) is 96.9 cm³/mol. The van der Waals surface area contributed by atoms with Crippen molar-refractivity contribution in [2.24, 2.45) is 0 Å². The van der Waals surface area contributed by atoms with Crippen LogP contribution in [0.25, 0.3) is 5.57 Å².